The quantitative estimate of drug-likeness (QED) is 0.552. The number of amides is 4. The van der Waals surface area contributed by atoms with E-state index in [4.69, 9.17) is 4.74 Å². The topological polar surface area (TPSA) is 94.2 Å². The molecule has 0 radical (unpaired) electrons. The Labute approximate surface area is 225 Å². The molecule has 9 heteroatoms. The molecule has 204 valence electrons. The smallest absolute Gasteiger partial charge is 0.317 e. The van der Waals surface area contributed by atoms with Crippen molar-refractivity contribution in [3.8, 4) is 0 Å². The molecule has 2 N–H and O–H groups in total. The lowest BCUT2D eigenvalue weighted by Crippen LogP contribution is -2.54. The molecule has 1 aliphatic heterocycles. The summed E-state index contributed by atoms with van der Waals surface area (Å²) < 4.78 is 4.92. The number of methoxy groups -OCH3 is 1. The van der Waals surface area contributed by atoms with Crippen LogP contribution in [0.15, 0.2) is 48.5 Å². The number of nitrogens with zero attached hydrogens (tertiary/aromatic N) is 3. The maximum atomic E-state index is 13.7. The maximum Gasteiger partial charge on any atom is 0.317 e. The molecule has 0 bridgehead atoms. The van der Waals surface area contributed by atoms with Crippen LogP contribution in [0.2, 0.25) is 0 Å². The van der Waals surface area contributed by atoms with Crippen molar-refractivity contribution in [1.82, 2.24) is 15.1 Å². The number of rotatable bonds is 8. The van der Waals surface area contributed by atoms with Gasteiger partial charge in [-0.1, -0.05) is 49.6 Å². The maximum absolute atomic E-state index is 13.7. The SMILES string of the molecule is COCC(=O)Nc1ccc(N2CCN(C(=O)NC3CCCCC3)CC2)c(C(=O)N(C)Cc2ccccc2)c1. The molecule has 38 heavy (non-hydrogen) atoms. The minimum atomic E-state index is -0.283. The number of benzene rings is 2. The number of nitrogens with one attached hydrogen (secondary N) is 2. The second-order valence-corrected chi connectivity index (χ2v) is 10.1. The van der Waals surface area contributed by atoms with Crippen LogP contribution < -0.4 is 15.5 Å². The van der Waals surface area contributed by atoms with Crippen molar-refractivity contribution in [2.24, 2.45) is 0 Å². The van der Waals surface area contributed by atoms with Gasteiger partial charge in [-0.2, -0.15) is 0 Å². The van der Waals surface area contributed by atoms with E-state index >= 15 is 0 Å². The van der Waals surface area contributed by atoms with E-state index in [2.05, 4.69) is 15.5 Å². The van der Waals surface area contributed by atoms with Crippen LogP contribution >= 0.6 is 0 Å². The first kappa shape index (κ1) is 27.4. The Morgan fingerprint density at radius 2 is 1.68 bits per heavy atom. The molecule has 4 rings (SSSR count). The molecule has 9 nitrogen and oxygen atoms in total. The third kappa shape index (κ3) is 7.25. The van der Waals surface area contributed by atoms with Gasteiger partial charge in [0, 0.05) is 64.3 Å². The Kier molecular flexibility index (Phi) is 9.59. The Hall–Kier alpha value is -3.59. The average Bonchev–Trinajstić information content (AvgIpc) is 2.94. The molecular weight excluding hydrogens is 482 g/mol. The fourth-order valence-electron chi connectivity index (χ4n) is 5.19. The van der Waals surface area contributed by atoms with Crippen LogP contribution in [0.1, 0.15) is 48.0 Å². The van der Waals surface area contributed by atoms with Crippen molar-refractivity contribution >= 4 is 29.2 Å². The van der Waals surface area contributed by atoms with E-state index < -0.39 is 0 Å². The first-order chi connectivity index (χ1) is 18.4. The Bertz CT molecular complexity index is 1100. The Morgan fingerprint density at radius 1 is 0.974 bits per heavy atom. The second-order valence-electron chi connectivity index (χ2n) is 10.1. The minimum absolute atomic E-state index is 0.00616. The largest absolute Gasteiger partial charge is 0.375 e. The van der Waals surface area contributed by atoms with E-state index in [9.17, 15) is 14.4 Å². The lowest BCUT2D eigenvalue weighted by molar-refractivity contribution is -0.119. The van der Waals surface area contributed by atoms with Gasteiger partial charge in [0.1, 0.15) is 6.61 Å². The van der Waals surface area contributed by atoms with Crippen molar-refractivity contribution in [3.05, 3.63) is 59.7 Å². The van der Waals surface area contributed by atoms with Crippen molar-refractivity contribution in [1.29, 1.82) is 0 Å². The molecule has 1 aliphatic carbocycles. The summed E-state index contributed by atoms with van der Waals surface area (Å²) in [6.45, 7) is 2.81. The third-order valence-corrected chi connectivity index (χ3v) is 7.24. The molecule has 2 aliphatic rings. The summed E-state index contributed by atoms with van der Waals surface area (Å²) in [5.74, 6) is -0.418. The normalized spacial score (nSPS) is 16.2. The molecule has 1 heterocycles. The molecule has 0 unspecified atom stereocenters. The van der Waals surface area contributed by atoms with Gasteiger partial charge in [-0.15, -0.1) is 0 Å². The highest BCUT2D eigenvalue weighted by Gasteiger charge is 2.27. The van der Waals surface area contributed by atoms with Gasteiger partial charge in [-0.05, 0) is 36.6 Å². The molecular formula is C29H39N5O4. The first-order valence-electron chi connectivity index (χ1n) is 13.5. The number of hydrogen-bond donors (Lipinski definition) is 2. The zero-order chi connectivity index (χ0) is 26.9. The Balaban J connectivity index is 1.47. The van der Waals surface area contributed by atoms with Gasteiger partial charge in [-0.3, -0.25) is 9.59 Å². The van der Waals surface area contributed by atoms with Gasteiger partial charge < -0.3 is 30.1 Å². The summed E-state index contributed by atoms with van der Waals surface area (Å²) in [6, 6.07) is 15.5. The molecule has 2 aromatic rings. The summed E-state index contributed by atoms with van der Waals surface area (Å²) in [4.78, 5) is 44.3. The highest BCUT2D eigenvalue weighted by Crippen LogP contribution is 2.28. The molecule has 2 aromatic carbocycles. The number of piperazine rings is 1. The van der Waals surface area contributed by atoms with Gasteiger partial charge in [-0.25, -0.2) is 4.79 Å². The summed E-state index contributed by atoms with van der Waals surface area (Å²) in [5, 5.41) is 6.01. The predicted octanol–water partition coefficient (Wildman–Crippen LogP) is 3.71. The van der Waals surface area contributed by atoms with Gasteiger partial charge >= 0.3 is 6.03 Å². The predicted molar refractivity (Wildman–Crippen MR) is 148 cm³/mol. The highest BCUT2D eigenvalue weighted by atomic mass is 16.5. The van der Waals surface area contributed by atoms with E-state index in [1.54, 1.807) is 24.1 Å². The molecule has 2 fully saturated rings. The average molecular weight is 522 g/mol. The number of carbonyl (C=O) groups excluding carboxylic acids is 3. The summed E-state index contributed by atoms with van der Waals surface area (Å²) in [6.07, 6.45) is 5.72. The molecule has 0 atom stereocenters. The molecule has 0 spiro atoms. The van der Waals surface area contributed by atoms with E-state index in [0.29, 0.717) is 44.0 Å². The number of urea groups is 1. The number of anilines is 2. The van der Waals surface area contributed by atoms with Crippen LogP contribution in [0.25, 0.3) is 0 Å². The monoisotopic (exact) mass is 521 g/mol. The number of hydrogen-bond acceptors (Lipinski definition) is 5. The highest BCUT2D eigenvalue weighted by molar-refractivity contribution is 6.02. The van der Waals surface area contributed by atoms with Gasteiger partial charge in [0.2, 0.25) is 5.91 Å². The second kappa shape index (κ2) is 13.3. The van der Waals surface area contributed by atoms with E-state index in [1.807, 2.05) is 41.3 Å². The zero-order valence-corrected chi connectivity index (χ0v) is 22.4. The van der Waals surface area contributed by atoms with E-state index in [1.165, 1.54) is 26.4 Å². The Morgan fingerprint density at radius 3 is 2.37 bits per heavy atom. The fourth-order valence-corrected chi connectivity index (χ4v) is 5.19. The van der Waals surface area contributed by atoms with Crippen molar-refractivity contribution in [3.63, 3.8) is 0 Å². The van der Waals surface area contributed by atoms with Gasteiger partial charge in [0.15, 0.2) is 0 Å². The van der Waals surface area contributed by atoms with Gasteiger partial charge in [0.05, 0.1) is 5.56 Å². The lowest BCUT2D eigenvalue weighted by atomic mass is 9.96. The molecule has 0 aromatic heterocycles. The summed E-state index contributed by atoms with van der Waals surface area (Å²) >= 11 is 0. The van der Waals surface area contributed by atoms with Crippen LogP contribution in [-0.2, 0) is 16.1 Å². The van der Waals surface area contributed by atoms with Gasteiger partial charge in [0.25, 0.3) is 5.91 Å². The van der Waals surface area contributed by atoms with Crippen LogP contribution in [0.4, 0.5) is 16.2 Å². The van der Waals surface area contributed by atoms with E-state index in [0.717, 1.165) is 24.1 Å². The summed E-state index contributed by atoms with van der Waals surface area (Å²) in [5.41, 5.74) is 2.88. The van der Waals surface area contributed by atoms with Crippen molar-refractivity contribution in [2.75, 3.05) is 57.2 Å². The third-order valence-electron chi connectivity index (χ3n) is 7.24. The number of ether oxygens (including phenoxy) is 1. The number of carbonyl (C=O) groups is 3. The van der Waals surface area contributed by atoms with Crippen LogP contribution in [0, 0.1) is 0 Å². The standard InChI is InChI=1S/C29H39N5O4/c1-32(20-22-9-5-3-6-10-22)28(36)25-19-24(30-27(35)21-38-2)13-14-26(25)33-15-17-34(18-16-33)29(37)31-23-11-7-4-8-12-23/h3,5-6,9-10,13-14,19,23H,4,7-8,11-12,15-18,20-21H2,1-2H3,(H,30,35)(H,31,37). The van der Waals surface area contributed by atoms with Crippen LogP contribution in [0.3, 0.4) is 0 Å². The van der Waals surface area contributed by atoms with E-state index in [-0.39, 0.29) is 30.5 Å². The summed E-state index contributed by atoms with van der Waals surface area (Å²) in [7, 11) is 3.24. The molecule has 1 saturated heterocycles. The van der Waals surface area contributed by atoms with Crippen LogP contribution in [0.5, 0.6) is 0 Å². The zero-order valence-electron chi connectivity index (χ0n) is 22.4. The van der Waals surface area contributed by atoms with Crippen molar-refractivity contribution in [2.45, 2.75) is 44.7 Å². The van der Waals surface area contributed by atoms with Crippen molar-refractivity contribution < 1.29 is 19.1 Å². The molecule has 1 saturated carbocycles. The molecule has 4 amide bonds. The first-order valence-corrected chi connectivity index (χ1v) is 13.5. The minimum Gasteiger partial charge on any atom is -0.375 e. The fraction of sp³-hybridized carbons (Fsp3) is 0.483. The lowest BCUT2D eigenvalue weighted by Gasteiger charge is -2.38. The van der Waals surface area contributed by atoms with Crippen LogP contribution in [-0.4, -0.2) is 80.6 Å².